The van der Waals surface area contributed by atoms with E-state index >= 15 is 0 Å². The molecule has 0 spiro atoms. The third-order valence-electron chi connectivity index (χ3n) is 5.04. The molecule has 0 unspecified atom stereocenters. The number of para-hydroxylation sites is 1. The van der Waals surface area contributed by atoms with Gasteiger partial charge in [0.05, 0.1) is 22.5 Å². The summed E-state index contributed by atoms with van der Waals surface area (Å²) >= 11 is 9.17. The minimum Gasteiger partial charge on any atom is -0.282 e. The fraction of sp³-hybridized carbons (Fsp3) is 0.240. The van der Waals surface area contributed by atoms with Crippen LogP contribution >= 0.6 is 34.7 Å². The van der Waals surface area contributed by atoms with Crippen molar-refractivity contribution in [3.8, 4) is 0 Å². The number of carbonyl (C=O) groups is 1. The fourth-order valence-corrected chi connectivity index (χ4v) is 5.36. The fourth-order valence-electron chi connectivity index (χ4n) is 3.38. The zero-order valence-electron chi connectivity index (χ0n) is 18.0. The Labute approximate surface area is 201 Å². The van der Waals surface area contributed by atoms with Crippen LogP contribution in [-0.4, -0.2) is 21.6 Å². The van der Waals surface area contributed by atoms with Crippen molar-refractivity contribution >= 4 is 56.0 Å². The maximum Gasteiger partial charge on any atom is 0.229 e. The first-order valence-corrected chi connectivity index (χ1v) is 12.7. The summed E-state index contributed by atoms with van der Waals surface area (Å²) in [6.07, 6.45) is 2.16. The Hall–Kier alpha value is -2.41. The number of fused-ring (bicyclic) bond motifs is 1. The van der Waals surface area contributed by atoms with Gasteiger partial charge in [0.25, 0.3) is 0 Å². The van der Waals surface area contributed by atoms with Crippen molar-refractivity contribution in [1.82, 2.24) is 9.97 Å². The number of carbonyl (C=O) groups excluding carboxylic acids is 1. The van der Waals surface area contributed by atoms with Gasteiger partial charge in [-0.15, -0.1) is 11.8 Å². The van der Waals surface area contributed by atoms with E-state index in [1.54, 1.807) is 34.2 Å². The molecule has 0 aliphatic rings. The number of pyridine rings is 1. The van der Waals surface area contributed by atoms with Crippen LogP contribution in [0.25, 0.3) is 10.2 Å². The van der Waals surface area contributed by atoms with Gasteiger partial charge in [0, 0.05) is 28.3 Å². The Morgan fingerprint density at radius 3 is 2.62 bits per heavy atom. The third kappa shape index (κ3) is 5.49. The average molecular weight is 482 g/mol. The second-order valence-electron chi connectivity index (χ2n) is 7.70. The SMILES string of the molecule is CC(C)c1cccc2sc(N(Cc3ccccn3)C(=O)CCSc3ccc(Cl)cc3)nc12. The number of thiazole rings is 1. The summed E-state index contributed by atoms with van der Waals surface area (Å²) in [7, 11) is 0. The summed E-state index contributed by atoms with van der Waals surface area (Å²) in [5.74, 6) is 1.09. The highest BCUT2D eigenvalue weighted by molar-refractivity contribution is 7.99. The van der Waals surface area contributed by atoms with Crippen molar-refractivity contribution in [3.05, 3.63) is 83.1 Å². The van der Waals surface area contributed by atoms with Crippen molar-refractivity contribution < 1.29 is 4.79 Å². The lowest BCUT2D eigenvalue weighted by atomic mass is 10.0. The van der Waals surface area contributed by atoms with Gasteiger partial charge in [-0.3, -0.25) is 14.7 Å². The molecular formula is C25H24ClN3OS2. The summed E-state index contributed by atoms with van der Waals surface area (Å²) < 4.78 is 1.10. The molecule has 0 atom stereocenters. The van der Waals surface area contributed by atoms with Gasteiger partial charge in [0.1, 0.15) is 0 Å². The van der Waals surface area contributed by atoms with Crippen LogP contribution < -0.4 is 4.90 Å². The first kappa shape index (κ1) is 22.8. The second kappa shape index (κ2) is 10.5. The number of rotatable bonds is 8. The Balaban J connectivity index is 1.57. The Morgan fingerprint density at radius 2 is 1.91 bits per heavy atom. The van der Waals surface area contributed by atoms with Crippen molar-refractivity contribution in [1.29, 1.82) is 0 Å². The molecule has 164 valence electrons. The lowest BCUT2D eigenvalue weighted by Crippen LogP contribution is -2.30. The first-order valence-electron chi connectivity index (χ1n) is 10.5. The van der Waals surface area contributed by atoms with E-state index in [0.717, 1.165) is 25.9 Å². The van der Waals surface area contributed by atoms with E-state index in [0.29, 0.717) is 29.7 Å². The topological polar surface area (TPSA) is 46.1 Å². The molecule has 0 radical (unpaired) electrons. The lowest BCUT2D eigenvalue weighted by molar-refractivity contribution is -0.118. The monoisotopic (exact) mass is 481 g/mol. The maximum absolute atomic E-state index is 13.3. The highest BCUT2D eigenvalue weighted by Gasteiger charge is 2.21. The second-order valence-corrected chi connectivity index (χ2v) is 10.3. The maximum atomic E-state index is 13.3. The third-order valence-corrected chi connectivity index (χ3v) is 7.35. The molecule has 2 heterocycles. The number of hydrogen-bond acceptors (Lipinski definition) is 5. The zero-order valence-corrected chi connectivity index (χ0v) is 20.4. The van der Waals surface area contributed by atoms with Crippen molar-refractivity contribution in [3.63, 3.8) is 0 Å². The van der Waals surface area contributed by atoms with Crippen molar-refractivity contribution in [2.75, 3.05) is 10.7 Å². The van der Waals surface area contributed by atoms with E-state index in [9.17, 15) is 4.79 Å². The minimum atomic E-state index is 0.0438. The molecule has 1 amide bonds. The van der Waals surface area contributed by atoms with Gasteiger partial charge in [-0.2, -0.15) is 0 Å². The lowest BCUT2D eigenvalue weighted by Gasteiger charge is -2.19. The van der Waals surface area contributed by atoms with E-state index in [1.807, 2.05) is 42.5 Å². The average Bonchev–Trinajstić information content (AvgIpc) is 3.23. The molecule has 0 saturated carbocycles. The smallest absolute Gasteiger partial charge is 0.229 e. The standard InChI is InChI=1S/C25H24ClN3OS2/c1-17(2)21-7-5-8-22-24(21)28-25(32-22)29(16-19-6-3-4-14-27-19)23(30)13-15-31-20-11-9-18(26)10-12-20/h3-12,14,17H,13,15-16H2,1-2H3. The van der Waals surface area contributed by atoms with Gasteiger partial charge in [0.15, 0.2) is 5.13 Å². The summed E-state index contributed by atoms with van der Waals surface area (Å²) in [4.78, 5) is 25.5. The van der Waals surface area contributed by atoms with Crippen LogP contribution in [-0.2, 0) is 11.3 Å². The molecular weight excluding hydrogens is 458 g/mol. The number of thioether (sulfide) groups is 1. The molecule has 4 nitrogen and oxygen atoms in total. The van der Waals surface area contributed by atoms with Crippen LogP contribution in [0.5, 0.6) is 0 Å². The van der Waals surface area contributed by atoms with Crippen LogP contribution in [0.3, 0.4) is 0 Å². The van der Waals surface area contributed by atoms with Gasteiger partial charge >= 0.3 is 0 Å². The number of amides is 1. The Kier molecular flexibility index (Phi) is 7.45. The number of benzene rings is 2. The molecule has 4 aromatic rings. The van der Waals surface area contributed by atoms with Gasteiger partial charge in [-0.05, 0) is 53.9 Å². The molecule has 32 heavy (non-hydrogen) atoms. The summed E-state index contributed by atoms with van der Waals surface area (Å²) in [5, 5.41) is 1.43. The van der Waals surface area contributed by atoms with Crippen molar-refractivity contribution in [2.45, 2.75) is 37.6 Å². The quantitative estimate of drug-likeness (QED) is 0.250. The highest BCUT2D eigenvalue weighted by atomic mass is 35.5. The van der Waals surface area contributed by atoms with E-state index in [2.05, 4.69) is 37.0 Å². The summed E-state index contributed by atoms with van der Waals surface area (Å²) in [5.41, 5.74) is 3.03. The van der Waals surface area contributed by atoms with Crippen LogP contribution in [0.1, 0.15) is 37.4 Å². The Bertz CT molecular complexity index is 1190. The molecule has 4 rings (SSSR count). The van der Waals surface area contributed by atoms with Crippen LogP contribution in [0.4, 0.5) is 5.13 Å². The number of anilines is 1. The predicted molar refractivity (Wildman–Crippen MR) is 136 cm³/mol. The molecule has 0 N–H and O–H groups in total. The molecule has 0 aliphatic carbocycles. The normalized spacial score (nSPS) is 11.2. The van der Waals surface area contributed by atoms with E-state index in [4.69, 9.17) is 16.6 Å². The Morgan fingerprint density at radius 1 is 1.09 bits per heavy atom. The molecule has 2 aromatic heterocycles. The molecule has 0 aliphatic heterocycles. The van der Waals surface area contributed by atoms with E-state index in [-0.39, 0.29) is 5.91 Å². The first-order chi connectivity index (χ1) is 15.5. The van der Waals surface area contributed by atoms with Gasteiger partial charge in [-0.1, -0.05) is 55.0 Å². The van der Waals surface area contributed by atoms with Crippen LogP contribution in [0.15, 0.2) is 71.8 Å². The van der Waals surface area contributed by atoms with Crippen molar-refractivity contribution in [2.24, 2.45) is 0 Å². The van der Waals surface area contributed by atoms with Crippen LogP contribution in [0.2, 0.25) is 5.02 Å². The van der Waals surface area contributed by atoms with Gasteiger partial charge in [-0.25, -0.2) is 4.98 Å². The number of aromatic nitrogens is 2. The van der Waals surface area contributed by atoms with Gasteiger partial charge in [0.2, 0.25) is 5.91 Å². The highest BCUT2D eigenvalue weighted by Crippen LogP contribution is 2.34. The van der Waals surface area contributed by atoms with Gasteiger partial charge < -0.3 is 0 Å². The largest absolute Gasteiger partial charge is 0.282 e. The number of nitrogens with zero attached hydrogens (tertiary/aromatic N) is 3. The van der Waals surface area contributed by atoms with Crippen LogP contribution in [0, 0.1) is 0 Å². The summed E-state index contributed by atoms with van der Waals surface area (Å²) in [6.45, 7) is 4.74. The molecule has 0 bridgehead atoms. The summed E-state index contributed by atoms with van der Waals surface area (Å²) in [6, 6.07) is 19.7. The zero-order chi connectivity index (χ0) is 22.5. The molecule has 2 aromatic carbocycles. The van der Waals surface area contributed by atoms with E-state index < -0.39 is 0 Å². The molecule has 7 heteroatoms. The van der Waals surface area contributed by atoms with E-state index in [1.165, 1.54) is 5.56 Å². The molecule has 0 saturated heterocycles. The predicted octanol–water partition coefficient (Wildman–Crippen LogP) is 7.18. The minimum absolute atomic E-state index is 0.0438. The number of halogens is 1. The molecule has 0 fully saturated rings. The number of hydrogen-bond donors (Lipinski definition) is 0.